The second-order valence-corrected chi connectivity index (χ2v) is 5.81. The Kier molecular flexibility index (Phi) is 4.17. The Labute approximate surface area is 135 Å². The van der Waals surface area contributed by atoms with Crippen LogP contribution >= 0.6 is 12.4 Å². The van der Waals surface area contributed by atoms with Gasteiger partial charge in [-0.25, -0.2) is 4.98 Å². The molecule has 0 amide bonds. The highest BCUT2D eigenvalue weighted by Crippen LogP contribution is 2.24. The molecule has 22 heavy (non-hydrogen) atoms. The zero-order chi connectivity index (χ0) is 14.2. The highest BCUT2D eigenvalue weighted by molar-refractivity contribution is 5.85. The monoisotopic (exact) mass is 321 g/mol. The van der Waals surface area contributed by atoms with Gasteiger partial charge in [-0.1, -0.05) is 0 Å². The average Bonchev–Trinajstić information content (AvgIpc) is 3.04. The van der Waals surface area contributed by atoms with E-state index in [-0.39, 0.29) is 12.4 Å². The third-order valence-corrected chi connectivity index (χ3v) is 4.14. The molecule has 4 rings (SSSR count). The third-order valence-electron chi connectivity index (χ3n) is 4.14. The van der Waals surface area contributed by atoms with E-state index in [9.17, 15) is 0 Å². The third kappa shape index (κ3) is 3.00. The van der Waals surface area contributed by atoms with Gasteiger partial charge in [-0.3, -0.25) is 4.68 Å². The Balaban J connectivity index is 0.00000144. The topological polar surface area (TPSA) is 70.9 Å². The van der Waals surface area contributed by atoms with Crippen LogP contribution in [0.3, 0.4) is 0 Å². The maximum absolute atomic E-state index is 4.64. The van der Waals surface area contributed by atoms with Gasteiger partial charge >= 0.3 is 0 Å². The molecule has 0 radical (unpaired) electrons. The van der Waals surface area contributed by atoms with E-state index in [4.69, 9.17) is 0 Å². The number of nitrogens with zero attached hydrogens (tertiary/aromatic N) is 5. The van der Waals surface area contributed by atoms with Gasteiger partial charge in [-0.05, 0) is 18.9 Å². The lowest BCUT2D eigenvalue weighted by Crippen LogP contribution is -2.51. The van der Waals surface area contributed by atoms with Crippen LogP contribution in [0.1, 0.15) is 12.8 Å². The number of piperazine rings is 1. The Morgan fingerprint density at radius 3 is 2.73 bits per heavy atom. The summed E-state index contributed by atoms with van der Waals surface area (Å²) in [6.45, 7) is 2.06. The molecule has 2 aliphatic heterocycles. The van der Waals surface area contributed by atoms with Gasteiger partial charge in [0.15, 0.2) is 0 Å². The molecule has 4 heterocycles. The first kappa shape index (κ1) is 15.1. The first-order valence-electron chi connectivity index (χ1n) is 7.36. The summed E-state index contributed by atoms with van der Waals surface area (Å²) in [6, 6.07) is 3.20. The number of hydrogen-bond acceptors (Lipinski definition) is 6. The zero-order valence-corrected chi connectivity index (χ0v) is 13.3. The Morgan fingerprint density at radius 1 is 1.27 bits per heavy atom. The van der Waals surface area contributed by atoms with Crippen molar-refractivity contribution in [2.45, 2.75) is 24.9 Å². The van der Waals surface area contributed by atoms with E-state index in [0.717, 1.165) is 24.6 Å². The second-order valence-electron chi connectivity index (χ2n) is 5.81. The first-order chi connectivity index (χ1) is 10.3. The van der Waals surface area contributed by atoms with Crippen molar-refractivity contribution in [3.05, 3.63) is 24.7 Å². The van der Waals surface area contributed by atoms with Gasteiger partial charge < -0.3 is 15.5 Å². The number of aromatic nitrogens is 4. The van der Waals surface area contributed by atoms with Gasteiger partial charge in [0.1, 0.15) is 5.82 Å². The molecule has 2 fully saturated rings. The molecular formula is C14H20ClN7. The van der Waals surface area contributed by atoms with E-state index in [1.54, 1.807) is 10.9 Å². The lowest BCUT2D eigenvalue weighted by molar-refractivity contribution is 0.463. The van der Waals surface area contributed by atoms with Crippen molar-refractivity contribution in [2.75, 3.05) is 23.3 Å². The van der Waals surface area contributed by atoms with Crippen LogP contribution in [0.15, 0.2) is 24.7 Å². The number of hydrogen-bond donors (Lipinski definition) is 2. The van der Waals surface area contributed by atoms with Gasteiger partial charge in [0.25, 0.3) is 0 Å². The molecule has 0 aliphatic carbocycles. The van der Waals surface area contributed by atoms with Crippen LogP contribution < -0.4 is 15.5 Å². The minimum atomic E-state index is 0. The van der Waals surface area contributed by atoms with Gasteiger partial charge in [0.05, 0.1) is 11.9 Å². The molecule has 2 aromatic rings. The number of aryl methyl sites for hydroxylation is 1. The largest absolute Gasteiger partial charge is 0.353 e. The maximum atomic E-state index is 4.64. The van der Waals surface area contributed by atoms with Crippen molar-refractivity contribution in [3.63, 3.8) is 0 Å². The molecule has 2 aliphatic rings. The van der Waals surface area contributed by atoms with E-state index in [1.807, 2.05) is 25.5 Å². The number of anilines is 3. The minimum absolute atomic E-state index is 0. The summed E-state index contributed by atoms with van der Waals surface area (Å²) in [5, 5.41) is 11.0. The van der Waals surface area contributed by atoms with Gasteiger partial charge in [-0.15, -0.1) is 12.4 Å². The fourth-order valence-electron chi connectivity index (χ4n) is 3.18. The molecule has 0 unspecified atom stereocenters. The molecule has 7 nitrogen and oxygen atoms in total. The molecule has 2 N–H and O–H groups in total. The van der Waals surface area contributed by atoms with Crippen LogP contribution in [0.2, 0.25) is 0 Å². The highest BCUT2D eigenvalue weighted by atomic mass is 35.5. The molecular weight excluding hydrogens is 302 g/mol. The molecule has 2 atom stereocenters. The van der Waals surface area contributed by atoms with Crippen molar-refractivity contribution >= 4 is 29.9 Å². The number of rotatable bonds is 3. The lowest BCUT2D eigenvalue weighted by Gasteiger charge is -2.33. The smallest absolute Gasteiger partial charge is 0.229 e. The van der Waals surface area contributed by atoms with Crippen LogP contribution in [-0.2, 0) is 7.05 Å². The van der Waals surface area contributed by atoms with E-state index >= 15 is 0 Å². The predicted octanol–water partition coefficient (Wildman–Crippen LogP) is 1.32. The molecule has 8 heteroatoms. The summed E-state index contributed by atoms with van der Waals surface area (Å²) in [5.74, 6) is 1.61. The molecule has 0 saturated carbocycles. The van der Waals surface area contributed by atoms with Crippen LogP contribution in [0.5, 0.6) is 0 Å². The predicted molar refractivity (Wildman–Crippen MR) is 87.9 cm³/mol. The van der Waals surface area contributed by atoms with E-state index in [0.29, 0.717) is 18.0 Å². The second kappa shape index (κ2) is 6.10. The highest BCUT2D eigenvalue weighted by Gasteiger charge is 2.32. The molecule has 0 aromatic carbocycles. The number of fused-ring (bicyclic) bond motifs is 2. The van der Waals surface area contributed by atoms with Gasteiger partial charge in [0, 0.05) is 44.6 Å². The van der Waals surface area contributed by atoms with Gasteiger partial charge in [0.2, 0.25) is 5.95 Å². The normalized spacial score (nSPS) is 23.2. The maximum Gasteiger partial charge on any atom is 0.229 e. The van der Waals surface area contributed by atoms with Crippen molar-refractivity contribution in [1.29, 1.82) is 0 Å². The Hall–Kier alpha value is -1.86. The van der Waals surface area contributed by atoms with Crippen molar-refractivity contribution in [1.82, 2.24) is 25.1 Å². The fourth-order valence-corrected chi connectivity index (χ4v) is 3.18. The van der Waals surface area contributed by atoms with E-state index < -0.39 is 0 Å². The lowest BCUT2D eigenvalue weighted by atomic mass is 10.2. The first-order valence-corrected chi connectivity index (χ1v) is 7.36. The average molecular weight is 322 g/mol. The molecule has 2 saturated heterocycles. The van der Waals surface area contributed by atoms with Crippen molar-refractivity contribution in [2.24, 2.45) is 7.05 Å². The summed E-state index contributed by atoms with van der Waals surface area (Å²) in [6.07, 6.45) is 8.02. The zero-order valence-electron chi connectivity index (χ0n) is 12.4. The fraction of sp³-hybridized carbons (Fsp3) is 0.500. The number of halogens is 1. The Morgan fingerprint density at radius 2 is 2.05 bits per heavy atom. The summed E-state index contributed by atoms with van der Waals surface area (Å²) < 4.78 is 1.75. The molecule has 2 aromatic heterocycles. The van der Waals surface area contributed by atoms with Crippen molar-refractivity contribution < 1.29 is 0 Å². The van der Waals surface area contributed by atoms with Crippen LogP contribution in [-0.4, -0.2) is 44.9 Å². The van der Waals surface area contributed by atoms with Gasteiger partial charge in [-0.2, -0.15) is 10.1 Å². The van der Waals surface area contributed by atoms with Crippen LogP contribution in [0, 0.1) is 0 Å². The Bertz CT molecular complexity index is 632. The summed E-state index contributed by atoms with van der Waals surface area (Å²) >= 11 is 0. The number of nitrogens with one attached hydrogen (secondary N) is 2. The summed E-state index contributed by atoms with van der Waals surface area (Å²) in [4.78, 5) is 11.3. The van der Waals surface area contributed by atoms with Crippen LogP contribution in [0.25, 0.3) is 0 Å². The summed E-state index contributed by atoms with van der Waals surface area (Å²) in [5.41, 5.74) is 0.898. The standard InChI is InChI=1S/C14H19N7.ClH/c1-20-7-12(6-16-20)18-14-15-5-4-13(19-14)21-8-10-2-3-11(9-21)17-10;/h4-7,10-11,17H,2-3,8-9H2,1H3,(H,15,18,19);1H/t10-,11+;. The van der Waals surface area contributed by atoms with Crippen LogP contribution in [0.4, 0.5) is 17.5 Å². The summed E-state index contributed by atoms with van der Waals surface area (Å²) in [7, 11) is 1.89. The molecule has 0 spiro atoms. The quantitative estimate of drug-likeness (QED) is 0.888. The van der Waals surface area contributed by atoms with Crippen molar-refractivity contribution in [3.8, 4) is 0 Å². The van der Waals surface area contributed by atoms with E-state index in [2.05, 4.69) is 30.6 Å². The molecule has 2 bridgehead atoms. The SMILES string of the molecule is Cl.Cn1cc(Nc2nccc(N3C[C@H]4CC[C@@H](C3)N4)n2)cn1. The molecule has 118 valence electrons. The minimum Gasteiger partial charge on any atom is -0.353 e. The van der Waals surface area contributed by atoms with E-state index in [1.165, 1.54) is 12.8 Å².